The molecule has 3 aromatic carbocycles. The van der Waals surface area contributed by atoms with Gasteiger partial charge in [-0.1, -0.05) is 42.5 Å². The Morgan fingerprint density at radius 3 is 2.29 bits per heavy atom. The van der Waals surface area contributed by atoms with Crippen LogP contribution < -0.4 is 15.5 Å². The zero-order valence-corrected chi connectivity index (χ0v) is 18.5. The summed E-state index contributed by atoms with van der Waals surface area (Å²) >= 11 is 0. The molecule has 0 spiro atoms. The van der Waals surface area contributed by atoms with Gasteiger partial charge in [-0.25, -0.2) is 8.78 Å². The highest BCUT2D eigenvalue weighted by atomic mass is 19.1. The van der Waals surface area contributed by atoms with Crippen molar-refractivity contribution in [1.82, 2.24) is 10.6 Å². The third-order valence-electron chi connectivity index (χ3n) is 5.67. The summed E-state index contributed by atoms with van der Waals surface area (Å²) < 4.78 is 26.6. The lowest BCUT2D eigenvalue weighted by molar-refractivity contribution is -0.127. The number of hydrogen-bond donors (Lipinski definition) is 2. The lowest BCUT2D eigenvalue weighted by Crippen LogP contribution is -2.41. The summed E-state index contributed by atoms with van der Waals surface area (Å²) in [6, 6.07) is 17.0. The van der Waals surface area contributed by atoms with Crippen molar-refractivity contribution in [3.8, 4) is 11.1 Å². The molecule has 1 aliphatic heterocycles. The second-order valence-corrected chi connectivity index (χ2v) is 8.06. The second-order valence-electron chi connectivity index (χ2n) is 8.06. The minimum atomic E-state index is -0.882. The maximum atomic E-state index is 13.3. The lowest BCUT2D eigenvalue weighted by Gasteiger charge is -2.23. The van der Waals surface area contributed by atoms with Gasteiger partial charge in [0.05, 0.1) is 12.1 Å². The Morgan fingerprint density at radius 1 is 0.912 bits per heavy atom. The highest BCUT2D eigenvalue weighted by Gasteiger charge is 2.32. The Kier molecular flexibility index (Phi) is 6.67. The summed E-state index contributed by atoms with van der Waals surface area (Å²) in [5.74, 6) is -2.68. The Balaban J connectivity index is 1.41. The van der Waals surface area contributed by atoms with E-state index in [1.54, 1.807) is 7.05 Å². The van der Waals surface area contributed by atoms with E-state index in [1.807, 2.05) is 48.5 Å². The van der Waals surface area contributed by atoms with Crippen molar-refractivity contribution in [3.63, 3.8) is 0 Å². The molecule has 174 valence electrons. The fourth-order valence-electron chi connectivity index (χ4n) is 4.08. The molecule has 0 saturated heterocycles. The van der Waals surface area contributed by atoms with E-state index in [-0.39, 0.29) is 30.9 Å². The van der Waals surface area contributed by atoms with Crippen molar-refractivity contribution >= 4 is 23.4 Å². The summed E-state index contributed by atoms with van der Waals surface area (Å²) in [4.78, 5) is 39.5. The van der Waals surface area contributed by atoms with E-state index in [0.717, 1.165) is 35.0 Å². The molecule has 3 amide bonds. The zero-order valence-electron chi connectivity index (χ0n) is 18.5. The van der Waals surface area contributed by atoms with Crippen LogP contribution in [0.5, 0.6) is 0 Å². The number of anilines is 1. The number of halogens is 2. The number of nitrogens with zero attached hydrogens (tertiary/aromatic N) is 1. The molecule has 1 heterocycles. The second kappa shape index (κ2) is 9.82. The predicted molar refractivity (Wildman–Crippen MR) is 124 cm³/mol. The van der Waals surface area contributed by atoms with Crippen LogP contribution in [0.3, 0.4) is 0 Å². The summed E-state index contributed by atoms with van der Waals surface area (Å²) in [5, 5.41) is 5.35. The van der Waals surface area contributed by atoms with Crippen LogP contribution in [0, 0.1) is 11.6 Å². The maximum Gasteiger partial charge on any atom is 0.253 e. The molecule has 4 rings (SSSR count). The van der Waals surface area contributed by atoms with E-state index < -0.39 is 29.5 Å². The van der Waals surface area contributed by atoms with Crippen molar-refractivity contribution in [1.29, 1.82) is 0 Å². The van der Waals surface area contributed by atoms with Gasteiger partial charge in [-0.2, -0.15) is 0 Å². The van der Waals surface area contributed by atoms with E-state index in [0.29, 0.717) is 5.56 Å². The number of nitrogens with one attached hydrogen (secondary N) is 2. The number of rotatable bonds is 6. The Labute approximate surface area is 195 Å². The first-order valence-corrected chi connectivity index (χ1v) is 10.8. The number of carbonyl (C=O) groups is 3. The average molecular weight is 463 g/mol. The van der Waals surface area contributed by atoms with E-state index in [1.165, 1.54) is 4.90 Å². The van der Waals surface area contributed by atoms with E-state index in [2.05, 4.69) is 10.6 Å². The minimum Gasteiger partial charge on any atom is -0.355 e. The summed E-state index contributed by atoms with van der Waals surface area (Å²) in [5.41, 5.74) is 3.39. The first-order chi connectivity index (χ1) is 16.3. The van der Waals surface area contributed by atoms with Gasteiger partial charge in [-0.3, -0.25) is 14.4 Å². The van der Waals surface area contributed by atoms with Crippen LogP contribution in [0.25, 0.3) is 11.1 Å². The first-order valence-electron chi connectivity index (χ1n) is 10.8. The molecular formula is C26H23F2N3O3. The van der Waals surface area contributed by atoms with Crippen LogP contribution in [-0.4, -0.2) is 31.3 Å². The van der Waals surface area contributed by atoms with Crippen molar-refractivity contribution in [3.05, 3.63) is 89.5 Å². The molecule has 0 saturated carbocycles. The molecule has 8 heteroatoms. The molecule has 0 aliphatic carbocycles. The molecule has 0 aromatic heterocycles. The summed E-state index contributed by atoms with van der Waals surface area (Å²) in [6.45, 7) is 0.0150. The fourth-order valence-corrected chi connectivity index (χ4v) is 4.08. The molecule has 3 aromatic rings. The maximum absolute atomic E-state index is 13.3. The standard InChI is InChI=1S/C26H23F2N3O3/c1-31-22-9-5-4-7-20(22)19-6-2-3-8-21(19)25(26(31)34)30-23(32)10-11-29-24(33)14-16-12-17(27)15-18(28)13-16/h2-9,12-13,15,25H,10-11,14H2,1H3,(H,29,33)(H,30,32). The van der Waals surface area contributed by atoms with E-state index in [9.17, 15) is 23.2 Å². The van der Waals surface area contributed by atoms with Crippen LogP contribution in [-0.2, 0) is 20.8 Å². The molecule has 1 aliphatic rings. The van der Waals surface area contributed by atoms with Gasteiger partial charge in [0, 0.05) is 31.6 Å². The number of hydrogen-bond acceptors (Lipinski definition) is 3. The van der Waals surface area contributed by atoms with Gasteiger partial charge in [0.15, 0.2) is 0 Å². The SMILES string of the molecule is CN1C(=O)C(NC(=O)CCNC(=O)Cc2cc(F)cc(F)c2)c2ccccc2-c2ccccc21. The predicted octanol–water partition coefficient (Wildman–Crippen LogP) is 3.51. The summed E-state index contributed by atoms with van der Waals surface area (Å²) in [7, 11) is 1.67. The Bertz CT molecular complexity index is 1240. The number of para-hydroxylation sites is 1. The zero-order chi connectivity index (χ0) is 24.2. The molecule has 6 nitrogen and oxygen atoms in total. The van der Waals surface area contributed by atoms with Crippen LogP contribution in [0.4, 0.5) is 14.5 Å². The lowest BCUT2D eigenvalue weighted by atomic mass is 9.95. The van der Waals surface area contributed by atoms with Crippen LogP contribution in [0.1, 0.15) is 23.6 Å². The van der Waals surface area contributed by atoms with E-state index in [4.69, 9.17) is 0 Å². The molecule has 0 fully saturated rings. The fraction of sp³-hybridized carbons (Fsp3) is 0.192. The molecule has 0 radical (unpaired) electrons. The number of benzene rings is 3. The van der Waals surface area contributed by atoms with Crippen molar-refractivity contribution in [2.24, 2.45) is 0 Å². The molecule has 1 unspecified atom stereocenters. The number of likely N-dealkylation sites (N-methyl/N-ethyl adjacent to an activating group) is 1. The topological polar surface area (TPSA) is 78.5 Å². The highest BCUT2D eigenvalue weighted by Crippen LogP contribution is 2.39. The van der Waals surface area contributed by atoms with Crippen molar-refractivity contribution in [2.75, 3.05) is 18.5 Å². The molecule has 34 heavy (non-hydrogen) atoms. The Morgan fingerprint density at radius 2 is 1.56 bits per heavy atom. The van der Waals surface area contributed by atoms with Crippen LogP contribution >= 0.6 is 0 Å². The number of carbonyl (C=O) groups excluding carboxylic acids is 3. The number of amides is 3. The minimum absolute atomic E-state index is 0.0150. The third-order valence-corrected chi connectivity index (χ3v) is 5.67. The molecule has 0 bridgehead atoms. The average Bonchev–Trinajstić information content (AvgIpc) is 2.88. The van der Waals surface area contributed by atoms with Gasteiger partial charge in [-0.05, 0) is 34.9 Å². The smallest absolute Gasteiger partial charge is 0.253 e. The van der Waals surface area contributed by atoms with Gasteiger partial charge in [0.2, 0.25) is 11.8 Å². The van der Waals surface area contributed by atoms with Gasteiger partial charge >= 0.3 is 0 Å². The van der Waals surface area contributed by atoms with Crippen molar-refractivity contribution < 1.29 is 23.2 Å². The Hall–Kier alpha value is -4.07. The van der Waals surface area contributed by atoms with Crippen LogP contribution in [0.2, 0.25) is 0 Å². The molecule has 1 atom stereocenters. The molecule has 2 N–H and O–H groups in total. The third kappa shape index (κ3) is 4.96. The van der Waals surface area contributed by atoms with Gasteiger partial charge in [0.25, 0.3) is 5.91 Å². The van der Waals surface area contributed by atoms with E-state index >= 15 is 0 Å². The van der Waals surface area contributed by atoms with Crippen molar-refractivity contribution in [2.45, 2.75) is 18.9 Å². The van der Waals surface area contributed by atoms with Crippen LogP contribution in [0.15, 0.2) is 66.7 Å². The van der Waals surface area contributed by atoms with Gasteiger partial charge in [-0.15, -0.1) is 0 Å². The van der Waals surface area contributed by atoms with Gasteiger partial charge < -0.3 is 15.5 Å². The molecular weight excluding hydrogens is 440 g/mol. The summed E-state index contributed by atoms with van der Waals surface area (Å²) in [6.07, 6.45) is -0.278. The highest BCUT2D eigenvalue weighted by molar-refractivity contribution is 6.05. The quantitative estimate of drug-likeness (QED) is 0.587. The monoisotopic (exact) mass is 463 g/mol. The number of fused-ring (bicyclic) bond motifs is 3. The largest absolute Gasteiger partial charge is 0.355 e. The first kappa shape index (κ1) is 23.1. The normalized spacial score (nSPS) is 14.6. The van der Waals surface area contributed by atoms with Gasteiger partial charge in [0.1, 0.15) is 17.7 Å².